The molecule has 5 aromatic rings. The Hall–Kier alpha value is -3.97. The first-order chi connectivity index (χ1) is 16.3. The van der Waals surface area contributed by atoms with Crippen LogP contribution in [0.1, 0.15) is 5.56 Å². The Bertz CT molecular complexity index is 1380. The van der Waals surface area contributed by atoms with Crippen molar-refractivity contribution in [2.24, 2.45) is 0 Å². The molecule has 0 aliphatic carbocycles. The molecule has 0 radical (unpaired) electrons. The summed E-state index contributed by atoms with van der Waals surface area (Å²) in [6, 6.07) is 27.9. The quantitative estimate of drug-likeness (QED) is 0.341. The van der Waals surface area contributed by atoms with E-state index in [-0.39, 0.29) is 11.7 Å². The number of rotatable bonds is 7. The fourth-order valence-electron chi connectivity index (χ4n) is 3.67. The number of benzene rings is 3. The molecule has 5 rings (SSSR count). The summed E-state index contributed by atoms with van der Waals surface area (Å²) in [5.41, 5.74) is 2.87. The second-order valence-electron chi connectivity index (χ2n) is 7.48. The van der Waals surface area contributed by atoms with Gasteiger partial charge in [-0.05, 0) is 29.1 Å². The molecule has 7 heteroatoms. The first-order valence-corrected chi connectivity index (χ1v) is 11.5. The van der Waals surface area contributed by atoms with Crippen molar-refractivity contribution in [3.8, 4) is 11.4 Å². The number of aromatic nitrogens is 4. The molecule has 3 aromatic carbocycles. The summed E-state index contributed by atoms with van der Waals surface area (Å²) in [5.74, 6) is 0.890. The number of carbonyl (C=O) groups excluding carboxylic acids is 1. The van der Waals surface area contributed by atoms with E-state index >= 15 is 0 Å². The van der Waals surface area contributed by atoms with Gasteiger partial charge < -0.3 is 5.32 Å². The zero-order valence-electron chi connectivity index (χ0n) is 17.8. The van der Waals surface area contributed by atoms with Gasteiger partial charge in [-0.15, -0.1) is 10.2 Å². The standard InChI is InChI=1S/C26H21N5OS/c32-24(28-23-12-6-10-20-9-4-5-11-22(20)23)18-33-26-30-29-25(21-13-15-27-16-14-21)31(26)17-19-7-2-1-3-8-19/h1-16H,17-18H2,(H,28,32). The number of carbonyl (C=O) groups is 1. The predicted octanol–water partition coefficient (Wildman–Crippen LogP) is 5.27. The summed E-state index contributed by atoms with van der Waals surface area (Å²) in [5, 5.41) is 14.7. The maximum Gasteiger partial charge on any atom is 0.234 e. The molecule has 1 amide bonds. The lowest BCUT2D eigenvalue weighted by Crippen LogP contribution is -2.15. The van der Waals surface area contributed by atoms with E-state index in [0.717, 1.165) is 33.4 Å². The molecule has 0 atom stereocenters. The second-order valence-corrected chi connectivity index (χ2v) is 8.42. The van der Waals surface area contributed by atoms with Crippen LogP contribution in [0, 0.1) is 0 Å². The summed E-state index contributed by atoms with van der Waals surface area (Å²) in [4.78, 5) is 16.9. The third-order valence-corrected chi connectivity index (χ3v) is 6.20. The van der Waals surface area contributed by atoms with Crippen molar-refractivity contribution >= 4 is 34.1 Å². The number of nitrogens with zero attached hydrogens (tertiary/aromatic N) is 4. The zero-order chi connectivity index (χ0) is 22.5. The smallest absolute Gasteiger partial charge is 0.234 e. The van der Waals surface area contributed by atoms with Crippen LogP contribution in [0.3, 0.4) is 0 Å². The number of anilines is 1. The summed E-state index contributed by atoms with van der Waals surface area (Å²) in [6.45, 7) is 0.610. The van der Waals surface area contributed by atoms with Gasteiger partial charge in [-0.1, -0.05) is 78.5 Å². The van der Waals surface area contributed by atoms with Gasteiger partial charge in [0.15, 0.2) is 11.0 Å². The van der Waals surface area contributed by atoms with E-state index in [1.54, 1.807) is 12.4 Å². The molecule has 162 valence electrons. The van der Waals surface area contributed by atoms with Crippen molar-refractivity contribution in [3.63, 3.8) is 0 Å². The topological polar surface area (TPSA) is 72.7 Å². The molecule has 6 nitrogen and oxygen atoms in total. The number of thioether (sulfide) groups is 1. The molecular weight excluding hydrogens is 430 g/mol. The van der Waals surface area contributed by atoms with Crippen molar-refractivity contribution in [1.82, 2.24) is 19.7 Å². The van der Waals surface area contributed by atoms with Crippen LogP contribution in [0.2, 0.25) is 0 Å². The van der Waals surface area contributed by atoms with Gasteiger partial charge >= 0.3 is 0 Å². The van der Waals surface area contributed by atoms with Crippen LogP contribution in [0.4, 0.5) is 5.69 Å². The van der Waals surface area contributed by atoms with Crippen LogP contribution in [-0.4, -0.2) is 31.4 Å². The highest BCUT2D eigenvalue weighted by atomic mass is 32.2. The minimum absolute atomic E-state index is 0.0870. The van der Waals surface area contributed by atoms with Crippen LogP contribution in [0.15, 0.2) is 102 Å². The summed E-state index contributed by atoms with van der Waals surface area (Å²) in [7, 11) is 0. The molecule has 0 spiro atoms. The number of hydrogen-bond acceptors (Lipinski definition) is 5. The number of hydrogen-bond donors (Lipinski definition) is 1. The van der Waals surface area contributed by atoms with Gasteiger partial charge in [0.05, 0.1) is 12.3 Å². The molecule has 0 fully saturated rings. The fraction of sp³-hybridized carbons (Fsp3) is 0.0769. The number of pyridine rings is 1. The molecule has 0 unspecified atom stereocenters. The average molecular weight is 452 g/mol. The van der Waals surface area contributed by atoms with E-state index in [2.05, 4.69) is 32.6 Å². The highest BCUT2D eigenvalue weighted by Gasteiger charge is 2.16. The third kappa shape index (κ3) is 4.78. The second kappa shape index (κ2) is 9.67. The summed E-state index contributed by atoms with van der Waals surface area (Å²) >= 11 is 1.38. The highest BCUT2D eigenvalue weighted by Crippen LogP contribution is 2.26. The van der Waals surface area contributed by atoms with Crippen LogP contribution >= 0.6 is 11.8 Å². The highest BCUT2D eigenvalue weighted by molar-refractivity contribution is 7.99. The van der Waals surface area contributed by atoms with E-state index in [1.807, 2.05) is 77.4 Å². The first-order valence-electron chi connectivity index (χ1n) is 10.6. The summed E-state index contributed by atoms with van der Waals surface area (Å²) < 4.78 is 2.04. The van der Waals surface area contributed by atoms with Gasteiger partial charge in [0.1, 0.15) is 0 Å². The Balaban J connectivity index is 1.36. The Morgan fingerprint density at radius 3 is 2.45 bits per heavy atom. The van der Waals surface area contributed by atoms with Crippen LogP contribution < -0.4 is 5.32 Å². The molecule has 33 heavy (non-hydrogen) atoms. The Morgan fingerprint density at radius 1 is 0.848 bits per heavy atom. The van der Waals surface area contributed by atoms with E-state index < -0.39 is 0 Å². The van der Waals surface area contributed by atoms with E-state index in [9.17, 15) is 4.79 Å². The lowest BCUT2D eigenvalue weighted by Gasteiger charge is -2.11. The van der Waals surface area contributed by atoms with E-state index in [0.29, 0.717) is 11.7 Å². The molecule has 0 aliphatic heterocycles. The third-order valence-electron chi connectivity index (χ3n) is 5.23. The van der Waals surface area contributed by atoms with Gasteiger partial charge in [0, 0.05) is 29.0 Å². The minimum Gasteiger partial charge on any atom is -0.325 e. The first kappa shape index (κ1) is 20.9. The molecule has 0 aliphatic rings. The predicted molar refractivity (Wildman–Crippen MR) is 132 cm³/mol. The van der Waals surface area contributed by atoms with Crippen LogP contribution in [-0.2, 0) is 11.3 Å². The molecule has 0 bridgehead atoms. The lowest BCUT2D eigenvalue weighted by molar-refractivity contribution is -0.113. The van der Waals surface area contributed by atoms with Gasteiger partial charge in [0.25, 0.3) is 0 Å². The SMILES string of the molecule is O=C(CSc1nnc(-c2ccncc2)n1Cc1ccccc1)Nc1cccc2ccccc12. The normalized spacial score (nSPS) is 10.9. The Morgan fingerprint density at radius 2 is 1.61 bits per heavy atom. The van der Waals surface area contributed by atoms with Crippen molar-refractivity contribution in [3.05, 3.63) is 103 Å². The molecule has 2 aromatic heterocycles. The van der Waals surface area contributed by atoms with Crippen molar-refractivity contribution < 1.29 is 4.79 Å². The van der Waals surface area contributed by atoms with Crippen molar-refractivity contribution in [1.29, 1.82) is 0 Å². The average Bonchev–Trinajstić information content (AvgIpc) is 3.26. The van der Waals surface area contributed by atoms with E-state index in [1.165, 1.54) is 11.8 Å². The monoisotopic (exact) mass is 451 g/mol. The van der Waals surface area contributed by atoms with Gasteiger partial charge in [-0.25, -0.2) is 0 Å². The van der Waals surface area contributed by atoms with Crippen molar-refractivity contribution in [2.45, 2.75) is 11.7 Å². The molecule has 1 N–H and O–H groups in total. The van der Waals surface area contributed by atoms with Gasteiger partial charge in [-0.2, -0.15) is 0 Å². The Kier molecular flexibility index (Phi) is 6.12. The molecular formula is C26H21N5OS. The van der Waals surface area contributed by atoms with E-state index in [4.69, 9.17) is 0 Å². The van der Waals surface area contributed by atoms with Crippen LogP contribution in [0.5, 0.6) is 0 Å². The summed E-state index contributed by atoms with van der Waals surface area (Å²) in [6.07, 6.45) is 3.47. The number of amides is 1. The van der Waals surface area contributed by atoms with Gasteiger partial charge in [0.2, 0.25) is 5.91 Å². The number of fused-ring (bicyclic) bond motifs is 1. The molecule has 0 saturated heterocycles. The van der Waals surface area contributed by atoms with Gasteiger partial charge in [-0.3, -0.25) is 14.3 Å². The molecule has 2 heterocycles. The Labute approximate surface area is 195 Å². The van der Waals surface area contributed by atoms with Crippen LogP contribution in [0.25, 0.3) is 22.2 Å². The maximum absolute atomic E-state index is 12.8. The zero-order valence-corrected chi connectivity index (χ0v) is 18.6. The largest absolute Gasteiger partial charge is 0.325 e. The molecule has 0 saturated carbocycles. The lowest BCUT2D eigenvalue weighted by atomic mass is 10.1. The number of nitrogens with one attached hydrogen (secondary N) is 1. The minimum atomic E-state index is -0.0870. The van der Waals surface area contributed by atoms with Crippen molar-refractivity contribution in [2.75, 3.05) is 11.1 Å². The fourth-order valence-corrected chi connectivity index (χ4v) is 4.41. The maximum atomic E-state index is 12.8.